The molecule has 18 heavy (non-hydrogen) atoms. The molecule has 0 radical (unpaired) electrons. The number of phenols is 1. The third-order valence-corrected chi connectivity index (χ3v) is 3.38. The summed E-state index contributed by atoms with van der Waals surface area (Å²) < 4.78 is 0. The van der Waals surface area contributed by atoms with E-state index in [0.29, 0.717) is 5.75 Å². The maximum absolute atomic E-state index is 9.52. The van der Waals surface area contributed by atoms with Crippen molar-refractivity contribution in [1.82, 2.24) is 0 Å². The second kappa shape index (κ2) is 8.18. The number of aryl methyl sites for hydroxylation is 1. The van der Waals surface area contributed by atoms with Gasteiger partial charge in [0.15, 0.2) is 0 Å². The third-order valence-electron chi connectivity index (χ3n) is 3.38. The van der Waals surface area contributed by atoms with E-state index in [1.807, 2.05) is 32.9 Å². The Morgan fingerprint density at radius 2 is 1.72 bits per heavy atom. The van der Waals surface area contributed by atoms with Gasteiger partial charge in [-0.25, -0.2) is 0 Å². The second-order valence-electron chi connectivity index (χ2n) is 5.34. The van der Waals surface area contributed by atoms with Crippen LogP contribution in [0.3, 0.4) is 0 Å². The zero-order chi connectivity index (χ0) is 14.2. The molecule has 1 aromatic carbocycles. The van der Waals surface area contributed by atoms with Crippen LogP contribution in [0.25, 0.3) is 0 Å². The van der Waals surface area contributed by atoms with Crippen LogP contribution >= 0.6 is 0 Å². The van der Waals surface area contributed by atoms with Crippen molar-refractivity contribution in [3.63, 3.8) is 0 Å². The molecular weight excluding hydrogens is 220 g/mol. The van der Waals surface area contributed by atoms with Gasteiger partial charge < -0.3 is 5.11 Å². The highest BCUT2D eigenvalue weighted by molar-refractivity contribution is 5.37. The molecule has 0 amide bonds. The van der Waals surface area contributed by atoms with E-state index in [1.54, 1.807) is 0 Å². The minimum atomic E-state index is 0.216. The van der Waals surface area contributed by atoms with E-state index in [4.69, 9.17) is 0 Å². The Morgan fingerprint density at radius 1 is 1.11 bits per heavy atom. The second-order valence-corrected chi connectivity index (χ2v) is 5.34. The Balaban J connectivity index is 0.00000137. The van der Waals surface area contributed by atoms with E-state index in [-0.39, 0.29) is 5.41 Å². The largest absolute Gasteiger partial charge is 0.508 e. The molecule has 0 aliphatic rings. The molecule has 1 aromatic rings. The Hall–Kier alpha value is -0.980. The van der Waals surface area contributed by atoms with E-state index in [2.05, 4.69) is 26.8 Å². The summed E-state index contributed by atoms with van der Waals surface area (Å²) in [6, 6.07) is 5.97. The molecule has 0 aromatic heterocycles. The Morgan fingerprint density at radius 3 is 2.22 bits per heavy atom. The number of unbranched alkanes of at least 4 members (excludes halogenated alkanes) is 2. The normalized spacial score (nSPS) is 10.8. The van der Waals surface area contributed by atoms with Gasteiger partial charge in [0.2, 0.25) is 0 Å². The van der Waals surface area contributed by atoms with Gasteiger partial charge in [0.05, 0.1) is 0 Å². The van der Waals surface area contributed by atoms with Gasteiger partial charge in [-0.3, -0.25) is 0 Å². The summed E-state index contributed by atoms with van der Waals surface area (Å²) in [7, 11) is 0. The van der Waals surface area contributed by atoms with E-state index >= 15 is 0 Å². The van der Waals surface area contributed by atoms with Crippen LogP contribution in [0.2, 0.25) is 0 Å². The van der Waals surface area contributed by atoms with E-state index in [1.165, 1.54) is 31.2 Å². The number of hydrogen-bond donors (Lipinski definition) is 1. The zero-order valence-electron chi connectivity index (χ0n) is 13.0. The molecule has 0 spiro atoms. The third kappa shape index (κ3) is 5.12. The van der Waals surface area contributed by atoms with Gasteiger partial charge in [-0.1, -0.05) is 66.0 Å². The van der Waals surface area contributed by atoms with Crippen molar-refractivity contribution in [3.8, 4) is 5.75 Å². The molecule has 1 heteroatoms. The van der Waals surface area contributed by atoms with Crippen LogP contribution in [0.4, 0.5) is 0 Å². The van der Waals surface area contributed by atoms with Gasteiger partial charge in [-0.05, 0) is 36.0 Å². The molecule has 0 fully saturated rings. The summed E-state index contributed by atoms with van der Waals surface area (Å²) in [6.07, 6.45) is 5.07. The van der Waals surface area contributed by atoms with Crippen molar-refractivity contribution < 1.29 is 5.11 Å². The molecular formula is C17H30O. The van der Waals surface area contributed by atoms with Crippen LogP contribution in [0.1, 0.15) is 71.4 Å². The van der Waals surface area contributed by atoms with Crippen LogP contribution in [-0.4, -0.2) is 5.11 Å². The number of rotatable bonds is 5. The van der Waals surface area contributed by atoms with E-state index in [9.17, 15) is 5.11 Å². The molecule has 1 nitrogen and oxygen atoms in total. The first-order valence-corrected chi connectivity index (χ1v) is 7.27. The van der Waals surface area contributed by atoms with E-state index < -0.39 is 0 Å². The smallest absolute Gasteiger partial charge is 0.118 e. The molecule has 1 rings (SSSR count). The first kappa shape index (κ1) is 17.0. The molecule has 0 bridgehead atoms. The molecule has 0 saturated carbocycles. The highest BCUT2D eigenvalue weighted by Crippen LogP contribution is 2.31. The fourth-order valence-electron chi connectivity index (χ4n) is 2.04. The van der Waals surface area contributed by atoms with Crippen LogP contribution in [-0.2, 0) is 5.41 Å². The lowest BCUT2D eigenvalue weighted by Gasteiger charge is -2.26. The highest BCUT2D eigenvalue weighted by Gasteiger charge is 2.20. The number of aromatic hydroxyl groups is 1. The summed E-state index contributed by atoms with van der Waals surface area (Å²) >= 11 is 0. The lowest BCUT2D eigenvalue weighted by molar-refractivity contribution is 0.445. The van der Waals surface area contributed by atoms with Crippen molar-refractivity contribution in [3.05, 3.63) is 29.3 Å². The maximum atomic E-state index is 9.52. The topological polar surface area (TPSA) is 20.2 Å². The number of phenolic OH excluding ortho intramolecular Hbond substituents is 1. The summed E-state index contributed by atoms with van der Waals surface area (Å²) in [5, 5.41) is 9.52. The van der Waals surface area contributed by atoms with Crippen molar-refractivity contribution in [1.29, 1.82) is 0 Å². The van der Waals surface area contributed by atoms with Gasteiger partial charge in [0, 0.05) is 0 Å². The summed E-state index contributed by atoms with van der Waals surface area (Å²) in [4.78, 5) is 0. The standard InChI is InChI=1S/C15H24O.C2H6/c1-5-6-7-10-15(3,4)13-8-9-14(16)12(2)11-13;1-2/h8-9,11,16H,5-7,10H2,1-4H3;1-2H3. The predicted octanol–water partition coefficient (Wildman–Crippen LogP) is 5.58. The summed E-state index contributed by atoms with van der Waals surface area (Å²) in [5.74, 6) is 0.396. The summed E-state index contributed by atoms with van der Waals surface area (Å²) in [6.45, 7) is 12.8. The average Bonchev–Trinajstić information content (AvgIpc) is 2.35. The fourth-order valence-corrected chi connectivity index (χ4v) is 2.04. The van der Waals surface area contributed by atoms with Crippen LogP contribution in [0.15, 0.2) is 18.2 Å². The maximum Gasteiger partial charge on any atom is 0.118 e. The average molecular weight is 250 g/mol. The van der Waals surface area contributed by atoms with Crippen molar-refractivity contribution >= 4 is 0 Å². The highest BCUT2D eigenvalue weighted by atomic mass is 16.3. The minimum Gasteiger partial charge on any atom is -0.508 e. The minimum absolute atomic E-state index is 0.216. The molecule has 1 N–H and O–H groups in total. The van der Waals surface area contributed by atoms with Crippen molar-refractivity contribution in [2.24, 2.45) is 0 Å². The molecule has 0 saturated heterocycles. The molecule has 0 heterocycles. The van der Waals surface area contributed by atoms with E-state index in [0.717, 1.165) is 5.56 Å². The summed E-state index contributed by atoms with van der Waals surface area (Å²) in [5.41, 5.74) is 2.52. The molecule has 104 valence electrons. The van der Waals surface area contributed by atoms with Crippen LogP contribution in [0.5, 0.6) is 5.75 Å². The Bertz CT molecular complexity index is 339. The van der Waals surface area contributed by atoms with Gasteiger partial charge in [-0.2, -0.15) is 0 Å². The first-order valence-electron chi connectivity index (χ1n) is 7.27. The molecule has 0 unspecified atom stereocenters. The SMILES string of the molecule is CC.CCCCCC(C)(C)c1ccc(O)c(C)c1. The van der Waals surface area contributed by atoms with Crippen LogP contribution < -0.4 is 0 Å². The van der Waals surface area contributed by atoms with Gasteiger partial charge in [-0.15, -0.1) is 0 Å². The molecule has 0 atom stereocenters. The Kier molecular flexibility index (Phi) is 7.73. The van der Waals surface area contributed by atoms with Gasteiger partial charge in [0.1, 0.15) is 5.75 Å². The van der Waals surface area contributed by atoms with Crippen molar-refractivity contribution in [2.45, 2.75) is 72.6 Å². The fraction of sp³-hybridized carbons (Fsp3) is 0.647. The van der Waals surface area contributed by atoms with Gasteiger partial charge >= 0.3 is 0 Å². The van der Waals surface area contributed by atoms with Crippen LogP contribution in [0, 0.1) is 6.92 Å². The lowest BCUT2D eigenvalue weighted by Crippen LogP contribution is -2.17. The van der Waals surface area contributed by atoms with Crippen molar-refractivity contribution in [2.75, 3.05) is 0 Å². The molecule has 0 aliphatic carbocycles. The molecule has 0 aliphatic heterocycles. The number of benzene rings is 1. The number of hydrogen-bond acceptors (Lipinski definition) is 1. The first-order chi connectivity index (χ1) is 8.47. The van der Waals surface area contributed by atoms with Gasteiger partial charge in [0.25, 0.3) is 0 Å². The zero-order valence-corrected chi connectivity index (χ0v) is 13.0. The quantitative estimate of drug-likeness (QED) is 0.676. The lowest BCUT2D eigenvalue weighted by atomic mass is 9.79. The Labute approximate surface area is 113 Å². The predicted molar refractivity (Wildman–Crippen MR) is 81.4 cm³/mol. The monoisotopic (exact) mass is 250 g/mol.